The summed E-state index contributed by atoms with van der Waals surface area (Å²) < 4.78 is 25.0. The van der Waals surface area contributed by atoms with E-state index in [4.69, 9.17) is 0 Å². The molecule has 13 heavy (non-hydrogen) atoms. The van der Waals surface area contributed by atoms with E-state index in [9.17, 15) is 8.78 Å². The number of alkyl halides is 2. The Morgan fingerprint density at radius 2 is 2.23 bits per heavy atom. The molecular weight excluding hydrogens is 174 g/mol. The summed E-state index contributed by atoms with van der Waals surface area (Å²) in [6, 6.07) is 0.491. The molecule has 1 atom stereocenters. The van der Waals surface area contributed by atoms with Crippen LogP contribution >= 0.6 is 0 Å². The van der Waals surface area contributed by atoms with E-state index in [0.29, 0.717) is 12.6 Å². The van der Waals surface area contributed by atoms with Gasteiger partial charge in [-0.3, -0.25) is 0 Å². The van der Waals surface area contributed by atoms with Gasteiger partial charge in [-0.1, -0.05) is 0 Å². The molecule has 1 heterocycles. The molecule has 0 aromatic heterocycles. The zero-order chi connectivity index (χ0) is 9.90. The maximum Gasteiger partial charge on any atom is 0.246 e. The molecule has 0 aliphatic carbocycles. The van der Waals surface area contributed by atoms with Gasteiger partial charge >= 0.3 is 0 Å². The van der Waals surface area contributed by atoms with Crippen molar-refractivity contribution in [2.45, 2.75) is 31.7 Å². The fourth-order valence-corrected chi connectivity index (χ4v) is 1.63. The Hall–Kier alpha value is -0.220. The molecule has 1 aliphatic heterocycles. The summed E-state index contributed by atoms with van der Waals surface area (Å²) >= 11 is 0. The van der Waals surface area contributed by atoms with Gasteiger partial charge in [-0.15, -0.1) is 0 Å². The first-order chi connectivity index (χ1) is 6.01. The predicted octanol–water partition coefficient (Wildman–Crippen LogP) is 1.33. The van der Waals surface area contributed by atoms with Gasteiger partial charge in [0, 0.05) is 25.6 Å². The number of likely N-dealkylation sites (N-methyl/N-ethyl adjacent to an activating group) is 1. The van der Waals surface area contributed by atoms with Gasteiger partial charge < -0.3 is 10.2 Å². The molecule has 0 bridgehead atoms. The average molecular weight is 192 g/mol. The molecule has 1 unspecified atom stereocenters. The minimum Gasteiger partial charge on any atom is -0.316 e. The summed E-state index contributed by atoms with van der Waals surface area (Å²) in [5.74, 6) is -2.52. The molecular formula is C9H18F2N2. The summed E-state index contributed by atoms with van der Waals surface area (Å²) in [6.07, 6.45) is 1.05. The van der Waals surface area contributed by atoms with Crippen molar-refractivity contribution in [2.24, 2.45) is 0 Å². The molecule has 0 aromatic carbocycles. The number of nitrogens with zero attached hydrogens (tertiary/aromatic N) is 1. The van der Waals surface area contributed by atoms with Crippen molar-refractivity contribution in [2.75, 3.05) is 26.7 Å². The second-order valence-electron chi connectivity index (χ2n) is 3.90. The number of rotatable bonds is 4. The van der Waals surface area contributed by atoms with Crippen LogP contribution in [0.1, 0.15) is 19.8 Å². The van der Waals surface area contributed by atoms with E-state index in [1.54, 1.807) is 0 Å². The van der Waals surface area contributed by atoms with Crippen LogP contribution < -0.4 is 5.32 Å². The van der Waals surface area contributed by atoms with Crippen molar-refractivity contribution in [3.05, 3.63) is 0 Å². The third kappa shape index (κ3) is 4.00. The molecule has 2 nitrogen and oxygen atoms in total. The van der Waals surface area contributed by atoms with Gasteiger partial charge in [0.25, 0.3) is 0 Å². The van der Waals surface area contributed by atoms with E-state index in [0.717, 1.165) is 26.4 Å². The van der Waals surface area contributed by atoms with Gasteiger partial charge in [0.2, 0.25) is 5.92 Å². The number of halogens is 2. The number of nitrogens with one attached hydrogen (secondary N) is 1. The highest BCUT2D eigenvalue weighted by Gasteiger charge is 2.25. The highest BCUT2D eigenvalue weighted by atomic mass is 19.3. The molecule has 1 saturated heterocycles. The van der Waals surface area contributed by atoms with Crippen LogP contribution in [0.5, 0.6) is 0 Å². The van der Waals surface area contributed by atoms with Crippen molar-refractivity contribution in [1.29, 1.82) is 0 Å². The Bertz CT molecular complexity index is 156. The fourth-order valence-electron chi connectivity index (χ4n) is 1.63. The number of hydrogen-bond acceptors (Lipinski definition) is 2. The van der Waals surface area contributed by atoms with Crippen molar-refractivity contribution in [3.63, 3.8) is 0 Å². The van der Waals surface area contributed by atoms with Gasteiger partial charge in [-0.25, -0.2) is 8.78 Å². The van der Waals surface area contributed by atoms with E-state index in [2.05, 4.69) is 10.2 Å². The van der Waals surface area contributed by atoms with Gasteiger partial charge in [0.15, 0.2) is 0 Å². The monoisotopic (exact) mass is 192 g/mol. The minimum atomic E-state index is -2.52. The lowest BCUT2D eigenvalue weighted by Crippen LogP contribution is -2.31. The first kappa shape index (κ1) is 10.9. The summed E-state index contributed by atoms with van der Waals surface area (Å²) in [4.78, 5) is 2.10. The van der Waals surface area contributed by atoms with E-state index in [-0.39, 0.29) is 6.42 Å². The Morgan fingerprint density at radius 1 is 1.54 bits per heavy atom. The SMILES string of the molecule is CNC1CCN(CCC(C)(F)F)C1. The maximum atomic E-state index is 12.5. The Morgan fingerprint density at radius 3 is 2.69 bits per heavy atom. The molecule has 1 fully saturated rings. The summed E-state index contributed by atoms with van der Waals surface area (Å²) in [5.41, 5.74) is 0. The van der Waals surface area contributed by atoms with Crippen LogP contribution in [-0.4, -0.2) is 43.5 Å². The lowest BCUT2D eigenvalue weighted by molar-refractivity contribution is 0.00494. The normalized spacial score (nSPS) is 25.4. The molecule has 1 N–H and O–H groups in total. The van der Waals surface area contributed by atoms with E-state index < -0.39 is 5.92 Å². The second-order valence-corrected chi connectivity index (χ2v) is 3.90. The molecule has 0 saturated carbocycles. The van der Waals surface area contributed by atoms with Gasteiger partial charge in [0.1, 0.15) is 0 Å². The molecule has 4 heteroatoms. The Balaban J connectivity index is 2.17. The molecule has 1 aliphatic rings. The van der Waals surface area contributed by atoms with Crippen LogP contribution in [0.3, 0.4) is 0 Å². The van der Waals surface area contributed by atoms with Gasteiger partial charge in [-0.05, 0) is 26.9 Å². The molecule has 0 spiro atoms. The van der Waals surface area contributed by atoms with Crippen LogP contribution in [-0.2, 0) is 0 Å². The molecule has 1 rings (SSSR count). The van der Waals surface area contributed by atoms with Crippen LogP contribution in [0.15, 0.2) is 0 Å². The minimum absolute atomic E-state index is 0.0244. The zero-order valence-corrected chi connectivity index (χ0v) is 8.32. The summed E-state index contributed by atoms with van der Waals surface area (Å²) in [6.45, 7) is 3.36. The Labute approximate surface area is 78.3 Å². The number of likely N-dealkylation sites (tertiary alicyclic amines) is 1. The standard InChI is InChI=1S/C9H18F2N2/c1-9(10,11)4-6-13-5-3-8(7-13)12-2/h8,12H,3-7H2,1-2H3. The predicted molar refractivity (Wildman–Crippen MR) is 49.1 cm³/mol. The maximum absolute atomic E-state index is 12.5. The lowest BCUT2D eigenvalue weighted by Gasteiger charge is -2.18. The van der Waals surface area contributed by atoms with E-state index >= 15 is 0 Å². The van der Waals surface area contributed by atoms with Crippen LogP contribution in [0.2, 0.25) is 0 Å². The van der Waals surface area contributed by atoms with Gasteiger partial charge in [0.05, 0.1) is 0 Å². The fraction of sp³-hybridized carbons (Fsp3) is 1.00. The molecule has 0 radical (unpaired) electrons. The second kappa shape index (κ2) is 4.33. The van der Waals surface area contributed by atoms with Crippen molar-refractivity contribution >= 4 is 0 Å². The van der Waals surface area contributed by atoms with Crippen molar-refractivity contribution in [1.82, 2.24) is 10.2 Å². The Kier molecular flexibility index (Phi) is 3.62. The number of hydrogen-bond donors (Lipinski definition) is 1. The van der Waals surface area contributed by atoms with Gasteiger partial charge in [-0.2, -0.15) is 0 Å². The first-order valence-corrected chi connectivity index (χ1v) is 4.79. The molecule has 0 aromatic rings. The zero-order valence-electron chi connectivity index (χ0n) is 8.32. The van der Waals surface area contributed by atoms with Crippen LogP contribution in [0, 0.1) is 0 Å². The largest absolute Gasteiger partial charge is 0.316 e. The van der Waals surface area contributed by atoms with Crippen molar-refractivity contribution in [3.8, 4) is 0 Å². The molecule has 78 valence electrons. The highest BCUT2D eigenvalue weighted by Crippen LogP contribution is 2.18. The lowest BCUT2D eigenvalue weighted by atomic mass is 10.2. The van der Waals surface area contributed by atoms with Crippen LogP contribution in [0.25, 0.3) is 0 Å². The topological polar surface area (TPSA) is 15.3 Å². The van der Waals surface area contributed by atoms with E-state index in [1.807, 2.05) is 7.05 Å². The third-order valence-electron chi connectivity index (χ3n) is 2.55. The smallest absolute Gasteiger partial charge is 0.246 e. The molecule has 0 amide bonds. The summed E-state index contributed by atoms with van der Waals surface area (Å²) in [5, 5.41) is 3.16. The van der Waals surface area contributed by atoms with E-state index in [1.165, 1.54) is 0 Å². The first-order valence-electron chi connectivity index (χ1n) is 4.79. The third-order valence-corrected chi connectivity index (χ3v) is 2.55. The average Bonchev–Trinajstić information content (AvgIpc) is 2.47. The van der Waals surface area contributed by atoms with Crippen LogP contribution in [0.4, 0.5) is 8.78 Å². The quantitative estimate of drug-likeness (QED) is 0.722. The van der Waals surface area contributed by atoms with Crippen molar-refractivity contribution < 1.29 is 8.78 Å². The highest BCUT2D eigenvalue weighted by molar-refractivity contribution is 4.80. The summed E-state index contributed by atoms with van der Waals surface area (Å²) in [7, 11) is 1.92.